The van der Waals surface area contributed by atoms with Gasteiger partial charge in [0, 0.05) is 0 Å². The van der Waals surface area contributed by atoms with Crippen molar-refractivity contribution in [1.82, 2.24) is 5.32 Å². The predicted molar refractivity (Wildman–Crippen MR) is 142 cm³/mol. The molecule has 0 unspecified atom stereocenters. The van der Waals surface area contributed by atoms with Crippen LogP contribution in [-0.4, -0.2) is 34.6 Å². The summed E-state index contributed by atoms with van der Waals surface area (Å²) >= 11 is 0. The monoisotopic (exact) mass is 528 g/mol. The average Bonchev–Trinajstić information content (AvgIpc) is 2.88. The summed E-state index contributed by atoms with van der Waals surface area (Å²) in [6, 6.07) is 18.0. The van der Waals surface area contributed by atoms with Crippen LogP contribution in [0.4, 0.5) is 10.1 Å². The minimum Gasteiger partial charge on any atom is -0.497 e. The Morgan fingerprint density at radius 1 is 0.946 bits per heavy atom. The first-order valence-electron chi connectivity index (χ1n) is 12.1. The van der Waals surface area contributed by atoms with Gasteiger partial charge in [-0.25, -0.2) is 12.8 Å². The molecule has 0 aliphatic rings. The van der Waals surface area contributed by atoms with Crippen LogP contribution in [-0.2, 0) is 14.8 Å². The molecule has 9 heteroatoms. The van der Waals surface area contributed by atoms with Crippen molar-refractivity contribution in [3.8, 4) is 11.5 Å². The van der Waals surface area contributed by atoms with Gasteiger partial charge in [0.25, 0.3) is 10.0 Å². The smallest absolute Gasteiger partial charge is 0.264 e. The van der Waals surface area contributed by atoms with Crippen molar-refractivity contribution in [1.29, 1.82) is 0 Å². The number of carbonyl (C=O) groups excluding carboxylic acids is 1. The van der Waals surface area contributed by atoms with E-state index in [1.54, 1.807) is 19.2 Å². The lowest BCUT2D eigenvalue weighted by Crippen LogP contribution is -2.42. The van der Waals surface area contributed by atoms with Crippen LogP contribution in [0.2, 0.25) is 0 Å². The maximum atomic E-state index is 13.6. The summed E-state index contributed by atoms with van der Waals surface area (Å²) in [6.45, 7) is 5.89. The fourth-order valence-corrected chi connectivity index (χ4v) is 5.30. The predicted octanol–water partition coefficient (Wildman–Crippen LogP) is 5.33. The SMILES string of the molecule is CCOc1ccc(S(=O)(=O)N(CC(=O)N[C@@H](CC(C)C)c2ccc(OC)cc2)c2ccc(F)cc2)cc1. The Bertz CT molecular complexity index is 1260. The highest BCUT2D eigenvalue weighted by atomic mass is 32.2. The molecule has 0 heterocycles. The molecule has 1 N–H and O–H groups in total. The summed E-state index contributed by atoms with van der Waals surface area (Å²) in [5.74, 6) is 0.502. The Morgan fingerprint density at radius 3 is 2.08 bits per heavy atom. The maximum Gasteiger partial charge on any atom is 0.264 e. The number of carbonyl (C=O) groups is 1. The minimum absolute atomic E-state index is 0.0121. The van der Waals surface area contributed by atoms with Crippen molar-refractivity contribution in [2.75, 3.05) is 24.6 Å². The molecular formula is C28H33FN2O5S. The Hall–Kier alpha value is -3.59. The number of nitrogens with zero attached hydrogens (tertiary/aromatic N) is 1. The number of nitrogens with one attached hydrogen (secondary N) is 1. The van der Waals surface area contributed by atoms with E-state index >= 15 is 0 Å². The average molecular weight is 529 g/mol. The van der Waals surface area contributed by atoms with Crippen LogP contribution in [0.15, 0.2) is 77.7 Å². The van der Waals surface area contributed by atoms with Crippen molar-refractivity contribution < 1.29 is 27.1 Å². The van der Waals surface area contributed by atoms with E-state index in [2.05, 4.69) is 5.32 Å². The normalized spacial score (nSPS) is 12.2. The molecule has 3 aromatic carbocycles. The quantitative estimate of drug-likeness (QED) is 0.343. The highest BCUT2D eigenvalue weighted by molar-refractivity contribution is 7.92. The molecule has 1 amide bonds. The molecule has 1 atom stereocenters. The van der Waals surface area contributed by atoms with Gasteiger partial charge >= 0.3 is 0 Å². The molecule has 0 aromatic heterocycles. The van der Waals surface area contributed by atoms with Crippen molar-refractivity contribution in [2.24, 2.45) is 5.92 Å². The second-order valence-electron chi connectivity index (χ2n) is 8.92. The van der Waals surface area contributed by atoms with Crippen molar-refractivity contribution in [3.63, 3.8) is 0 Å². The maximum absolute atomic E-state index is 13.6. The summed E-state index contributed by atoms with van der Waals surface area (Å²) in [6.07, 6.45) is 0.653. The highest BCUT2D eigenvalue weighted by Gasteiger charge is 2.28. The largest absolute Gasteiger partial charge is 0.497 e. The molecule has 0 aliphatic heterocycles. The summed E-state index contributed by atoms with van der Waals surface area (Å²) in [7, 11) is -2.57. The number of hydrogen-bond acceptors (Lipinski definition) is 5. The fourth-order valence-electron chi connectivity index (χ4n) is 3.88. The van der Waals surface area contributed by atoms with Crippen molar-refractivity contribution >= 4 is 21.6 Å². The summed E-state index contributed by atoms with van der Waals surface area (Å²) in [5.41, 5.74) is 1.06. The fraction of sp³-hybridized carbons (Fsp3) is 0.321. The molecule has 0 fully saturated rings. The molecule has 198 valence electrons. The van der Waals surface area contributed by atoms with Crippen molar-refractivity contribution in [2.45, 2.75) is 38.1 Å². The number of anilines is 1. The van der Waals surface area contributed by atoms with Gasteiger partial charge in [0.05, 0.1) is 30.3 Å². The minimum atomic E-state index is -4.15. The number of hydrogen-bond donors (Lipinski definition) is 1. The number of amides is 1. The Labute approximate surface area is 218 Å². The van der Waals surface area contributed by atoms with Gasteiger partial charge in [-0.15, -0.1) is 0 Å². The third kappa shape index (κ3) is 7.45. The van der Waals surface area contributed by atoms with E-state index in [-0.39, 0.29) is 22.5 Å². The van der Waals surface area contributed by atoms with Crippen LogP contribution < -0.4 is 19.1 Å². The van der Waals surface area contributed by atoms with Gasteiger partial charge < -0.3 is 14.8 Å². The topological polar surface area (TPSA) is 84.9 Å². The van der Waals surface area contributed by atoms with Gasteiger partial charge in [-0.1, -0.05) is 26.0 Å². The third-order valence-electron chi connectivity index (χ3n) is 5.69. The van der Waals surface area contributed by atoms with E-state index in [0.717, 1.165) is 22.0 Å². The van der Waals surface area contributed by atoms with Gasteiger partial charge in [0.15, 0.2) is 0 Å². The first-order valence-corrected chi connectivity index (χ1v) is 13.5. The van der Waals surface area contributed by atoms with E-state index in [0.29, 0.717) is 24.5 Å². The van der Waals surface area contributed by atoms with Crippen LogP contribution in [0.5, 0.6) is 11.5 Å². The third-order valence-corrected chi connectivity index (χ3v) is 7.47. The van der Waals surface area contributed by atoms with Crippen LogP contribution >= 0.6 is 0 Å². The summed E-state index contributed by atoms with van der Waals surface area (Å²) < 4.78 is 52.5. The first kappa shape index (κ1) is 28.0. The second-order valence-corrected chi connectivity index (χ2v) is 10.8. The van der Waals surface area contributed by atoms with Gasteiger partial charge in [-0.05, 0) is 85.5 Å². The lowest BCUT2D eigenvalue weighted by atomic mass is 9.97. The van der Waals surface area contributed by atoms with E-state index in [1.807, 2.05) is 45.0 Å². The van der Waals surface area contributed by atoms with Gasteiger partial charge in [-0.2, -0.15) is 0 Å². The van der Waals surface area contributed by atoms with E-state index in [9.17, 15) is 17.6 Å². The van der Waals surface area contributed by atoms with Crippen LogP contribution in [0.25, 0.3) is 0 Å². The van der Waals surface area contributed by atoms with E-state index in [1.165, 1.54) is 24.3 Å². The Balaban J connectivity index is 1.90. The van der Waals surface area contributed by atoms with Gasteiger partial charge in [0.1, 0.15) is 23.9 Å². The summed E-state index contributed by atoms with van der Waals surface area (Å²) in [5, 5.41) is 2.98. The van der Waals surface area contributed by atoms with Crippen LogP contribution in [0.1, 0.15) is 38.8 Å². The number of rotatable bonds is 12. The number of ether oxygens (including phenoxy) is 2. The molecule has 3 rings (SSSR count). The molecule has 0 saturated heterocycles. The van der Waals surface area contributed by atoms with E-state index in [4.69, 9.17) is 9.47 Å². The zero-order valence-electron chi connectivity index (χ0n) is 21.5. The zero-order chi connectivity index (χ0) is 27.0. The molecule has 0 spiro atoms. The molecule has 3 aromatic rings. The molecule has 0 saturated carbocycles. The number of methoxy groups -OCH3 is 1. The lowest BCUT2D eigenvalue weighted by Gasteiger charge is -2.26. The number of benzene rings is 3. The van der Waals surface area contributed by atoms with Crippen molar-refractivity contribution in [3.05, 3.63) is 84.2 Å². The zero-order valence-corrected chi connectivity index (χ0v) is 22.3. The second kappa shape index (κ2) is 12.6. The van der Waals surface area contributed by atoms with E-state index < -0.39 is 28.3 Å². The molecule has 0 radical (unpaired) electrons. The number of halogens is 1. The molecule has 7 nitrogen and oxygen atoms in total. The summed E-state index contributed by atoms with van der Waals surface area (Å²) in [4.78, 5) is 13.3. The molecule has 0 bridgehead atoms. The first-order chi connectivity index (χ1) is 17.6. The number of sulfonamides is 1. The standard InChI is InChI=1S/C28H33FN2O5S/c1-5-36-25-14-16-26(17-15-25)37(33,34)31(23-10-8-22(29)9-11-23)19-28(32)30-27(18-20(2)3)21-6-12-24(35-4)13-7-21/h6-17,20,27H,5,18-19H2,1-4H3,(H,30,32)/t27-/m0/s1. The highest BCUT2D eigenvalue weighted by Crippen LogP contribution is 2.27. The molecule has 0 aliphatic carbocycles. The molecule has 37 heavy (non-hydrogen) atoms. The molecular weight excluding hydrogens is 495 g/mol. The van der Waals surface area contributed by atoms with Crippen LogP contribution in [0.3, 0.4) is 0 Å². The Morgan fingerprint density at radius 2 is 1.54 bits per heavy atom. The van der Waals surface area contributed by atoms with Gasteiger partial charge in [-0.3, -0.25) is 9.10 Å². The van der Waals surface area contributed by atoms with Crippen LogP contribution in [0, 0.1) is 11.7 Å². The lowest BCUT2D eigenvalue weighted by molar-refractivity contribution is -0.120. The Kier molecular flexibility index (Phi) is 9.52. The van der Waals surface area contributed by atoms with Gasteiger partial charge in [0.2, 0.25) is 5.91 Å².